The fourth-order valence-corrected chi connectivity index (χ4v) is 8.43. The molecule has 0 radical (unpaired) electrons. The number of rotatable bonds is 25. The van der Waals surface area contributed by atoms with Crippen LogP contribution in [0.1, 0.15) is 198 Å². The Labute approximate surface area is 428 Å². The first kappa shape index (κ1) is 64.7. The minimum atomic E-state index is -1.71. The van der Waals surface area contributed by atoms with Crippen LogP contribution in [0.4, 0.5) is 0 Å². The van der Waals surface area contributed by atoms with E-state index in [0.29, 0.717) is 6.42 Å². The maximum absolute atomic E-state index is 14.2. The number of amides is 7. The van der Waals surface area contributed by atoms with Gasteiger partial charge in [-0.05, 0) is 75.5 Å². The molecule has 1 heterocycles. The summed E-state index contributed by atoms with van der Waals surface area (Å²) in [5.74, 6) is -10.2. The number of carboxylic acids is 2. The molecule has 0 aliphatic carbocycles. The summed E-state index contributed by atoms with van der Waals surface area (Å²) >= 11 is 0. The van der Waals surface area contributed by atoms with Gasteiger partial charge < -0.3 is 52.2 Å². The van der Waals surface area contributed by atoms with Crippen LogP contribution in [0.25, 0.3) is 0 Å². The topological polar surface area (TPSA) is 305 Å². The number of hydrogen-bond acceptors (Lipinski definition) is 11. The maximum Gasteiger partial charge on any atom is 0.328 e. The third kappa shape index (κ3) is 28.1. The van der Waals surface area contributed by atoms with Gasteiger partial charge in [0.15, 0.2) is 0 Å². The highest BCUT2D eigenvalue weighted by atomic mass is 16.5. The quantitative estimate of drug-likeness (QED) is 0.0433. The van der Waals surface area contributed by atoms with Gasteiger partial charge in [-0.25, -0.2) is 4.79 Å². The van der Waals surface area contributed by atoms with Crippen LogP contribution in [0.5, 0.6) is 0 Å². The molecule has 0 bridgehead atoms. The zero-order valence-corrected chi connectivity index (χ0v) is 45.0. The molecule has 8 atom stereocenters. The fourth-order valence-electron chi connectivity index (χ4n) is 8.43. The molecule has 0 aromatic carbocycles. The van der Waals surface area contributed by atoms with Crippen LogP contribution < -0.4 is 37.2 Å². The Morgan fingerprint density at radius 3 is 1.28 bits per heavy atom. The molecule has 1 aliphatic heterocycles. The van der Waals surface area contributed by atoms with Crippen molar-refractivity contribution in [2.45, 2.75) is 246 Å². The number of esters is 1. The van der Waals surface area contributed by atoms with E-state index >= 15 is 0 Å². The van der Waals surface area contributed by atoms with E-state index in [1.54, 1.807) is 41.5 Å². The number of unbranched alkanes of at least 4 members (excludes halogenated alkanes) is 10. The average Bonchev–Trinajstić information content (AvgIpc) is 3.26. The van der Waals surface area contributed by atoms with E-state index in [-0.39, 0.29) is 62.2 Å². The summed E-state index contributed by atoms with van der Waals surface area (Å²) < 4.78 is 6.03. The lowest BCUT2D eigenvalue weighted by Gasteiger charge is -2.28. The van der Waals surface area contributed by atoms with Gasteiger partial charge in [0.05, 0.1) is 12.8 Å². The third-order valence-electron chi connectivity index (χ3n) is 12.2. The lowest BCUT2D eigenvalue weighted by molar-refractivity contribution is -0.155. The van der Waals surface area contributed by atoms with Crippen LogP contribution in [0.3, 0.4) is 0 Å². The molecular weight excluding hydrogens is 931 g/mol. The minimum Gasteiger partial charge on any atom is -0.481 e. The van der Waals surface area contributed by atoms with Gasteiger partial charge in [0.25, 0.3) is 0 Å². The number of carbonyl (C=O) groups excluding carboxylic acids is 8. The highest BCUT2D eigenvalue weighted by Crippen LogP contribution is 2.19. The van der Waals surface area contributed by atoms with Crippen LogP contribution in [0.2, 0.25) is 0 Å². The lowest BCUT2D eigenvalue weighted by atomic mass is 9.99. The molecule has 412 valence electrons. The van der Waals surface area contributed by atoms with Gasteiger partial charge >= 0.3 is 17.9 Å². The second-order valence-corrected chi connectivity index (χ2v) is 21.3. The van der Waals surface area contributed by atoms with Gasteiger partial charge in [-0.3, -0.25) is 43.2 Å². The van der Waals surface area contributed by atoms with E-state index in [1.807, 2.05) is 13.8 Å². The summed E-state index contributed by atoms with van der Waals surface area (Å²) in [5.41, 5.74) is 0. The molecular formula is C52H91N7O13. The number of ether oxygens (including phenoxy) is 1. The highest BCUT2D eigenvalue weighted by molar-refractivity contribution is 5.98. The van der Waals surface area contributed by atoms with Gasteiger partial charge in [-0.15, -0.1) is 0 Å². The van der Waals surface area contributed by atoms with E-state index in [4.69, 9.17) is 4.74 Å². The average molecular weight is 1020 g/mol. The van der Waals surface area contributed by atoms with Gasteiger partial charge in [0, 0.05) is 6.42 Å². The molecule has 7 amide bonds. The Bertz CT molecular complexity index is 1760. The van der Waals surface area contributed by atoms with Crippen molar-refractivity contribution in [1.82, 2.24) is 37.2 Å². The number of hydrogen-bond donors (Lipinski definition) is 9. The third-order valence-corrected chi connectivity index (χ3v) is 12.2. The smallest absolute Gasteiger partial charge is 0.328 e. The Morgan fingerprint density at radius 1 is 0.472 bits per heavy atom. The van der Waals surface area contributed by atoms with Crippen molar-refractivity contribution in [3.8, 4) is 0 Å². The van der Waals surface area contributed by atoms with Crippen molar-refractivity contribution in [1.29, 1.82) is 0 Å². The zero-order chi connectivity index (χ0) is 54.5. The van der Waals surface area contributed by atoms with Crippen molar-refractivity contribution in [2.75, 3.05) is 0 Å². The number of aliphatic carboxylic acids is 2. The van der Waals surface area contributed by atoms with Crippen molar-refractivity contribution in [3.05, 3.63) is 0 Å². The first-order valence-corrected chi connectivity index (χ1v) is 26.6. The second-order valence-electron chi connectivity index (χ2n) is 21.3. The van der Waals surface area contributed by atoms with Crippen molar-refractivity contribution < 1.29 is 62.9 Å². The molecule has 1 aliphatic rings. The molecule has 9 N–H and O–H groups in total. The molecule has 20 heteroatoms. The highest BCUT2D eigenvalue weighted by Gasteiger charge is 2.36. The van der Waals surface area contributed by atoms with Crippen LogP contribution in [-0.4, -0.2) is 118 Å². The summed E-state index contributed by atoms with van der Waals surface area (Å²) in [7, 11) is 0. The summed E-state index contributed by atoms with van der Waals surface area (Å²) in [6.45, 7) is 17.9. The fraction of sp³-hybridized carbons (Fsp3) is 0.808. The maximum atomic E-state index is 14.2. The molecule has 0 spiro atoms. The summed E-state index contributed by atoms with van der Waals surface area (Å²) in [5, 5.41) is 37.5. The van der Waals surface area contributed by atoms with E-state index < -0.39 is 127 Å². The van der Waals surface area contributed by atoms with Crippen molar-refractivity contribution >= 4 is 59.3 Å². The largest absolute Gasteiger partial charge is 0.481 e. The Kier molecular flexibility index (Phi) is 31.4. The lowest BCUT2D eigenvalue weighted by Crippen LogP contribution is -2.60. The Hall–Kier alpha value is -5.30. The van der Waals surface area contributed by atoms with E-state index in [9.17, 15) is 58.2 Å². The first-order chi connectivity index (χ1) is 33.8. The molecule has 1 saturated heterocycles. The Morgan fingerprint density at radius 2 is 0.847 bits per heavy atom. The molecule has 0 aromatic rings. The van der Waals surface area contributed by atoms with Crippen LogP contribution >= 0.6 is 0 Å². The number of nitrogens with one attached hydrogen (secondary N) is 7. The molecule has 0 saturated carbocycles. The monoisotopic (exact) mass is 1020 g/mol. The molecule has 1 rings (SSSR count). The standard InChI is InChI=1S/C52H91N7O13/c1-11-12-13-14-15-16-17-18-19-20-21-22-36-29-43(60)54-37(23-24-44(61)62)47(66)56-39(26-32(4)5)49(68)57-38(25-31(2)3)48(67)53-35(10)46(65)55-41(30-45(63)64)51(70)58-40(27-33(6)7)50(69)59-42(28-34(8)9)52(71)72-36/h31-42H,11-30H2,1-10H3,(H,53,67)(H,54,60)(H,55,65)(H,56,66)(H,57,68)(H,58,70)(H,59,69)(H,61,62)(H,63,64)/t35-,36+,37-,38-,39-,40-,41-,42-/m0/s1. The van der Waals surface area contributed by atoms with E-state index in [2.05, 4.69) is 44.1 Å². The van der Waals surface area contributed by atoms with Gasteiger partial charge in [0.2, 0.25) is 41.4 Å². The predicted molar refractivity (Wildman–Crippen MR) is 272 cm³/mol. The van der Waals surface area contributed by atoms with Crippen LogP contribution in [0, 0.1) is 23.7 Å². The van der Waals surface area contributed by atoms with Gasteiger partial charge in [-0.1, -0.05) is 127 Å². The SMILES string of the molecule is CCCCCCCCCCCCC[C@@H]1CC(=O)N[C@@H](CCC(=O)O)C(=O)N[C@@H](CC(C)C)C(=O)N[C@@H](CC(C)C)C(=O)N[C@@H](C)C(=O)N[C@@H](CC(=O)O)C(=O)N[C@@H](CC(C)C)C(=O)N[C@@H](CC(C)C)C(=O)O1. The van der Waals surface area contributed by atoms with Crippen LogP contribution in [-0.2, 0) is 52.7 Å². The predicted octanol–water partition coefficient (Wildman–Crippen LogP) is 4.94. The molecule has 0 aromatic heterocycles. The van der Waals surface area contributed by atoms with Crippen molar-refractivity contribution in [3.63, 3.8) is 0 Å². The second kappa shape index (κ2) is 35.0. The first-order valence-electron chi connectivity index (χ1n) is 26.6. The normalized spacial score (nSPS) is 24.0. The van der Waals surface area contributed by atoms with E-state index in [1.165, 1.54) is 39.0 Å². The van der Waals surface area contributed by atoms with Gasteiger partial charge in [0.1, 0.15) is 48.4 Å². The summed E-state index contributed by atoms with van der Waals surface area (Å²) in [6.07, 6.45) is 8.85. The van der Waals surface area contributed by atoms with Crippen molar-refractivity contribution in [2.24, 2.45) is 23.7 Å². The van der Waals surface area contributed by atoms with Crippen LogP contribution in [0.15, 0.2) is 0 Å². The Balaban J connectivity index is 3.83. The molecule has 1 fully saturated rings. The number of cyclic esters (lactones) is 1. The summed E-state index contributed by atoms with van der Waals surface area (Å²) in [4.78, 5) is 135. The minimum absolute atomic E-state index is 0.0421. The molecule has 20 nitrogen and oxygen atoms in total. The number of carboxylic acid groups (broad SMARTS) is 2. The molecule has 72 heavy (non-hydrogen) atoms. The molecule has 0 unspecified atom stereocenters. The van der Waals surface area contributed by atoms with Gasteiger partial charge in [-0.2, -0.15) is 0 Å². The summed E-state index contributed by atoms with van der Waals surface area (Å²) in [6, 6.07) is -9.62. The number of carbonyl (C=O) groups is 10. The zero-order valence-electron chi connectivity index (χ0n) is 45.0. The van der Waals surface area contributed by atoms with E-state index in [0.717, 1.165) is 32.1 Å².